The maximum Gasteiger partial charge on any atom is 0.306 e. The average Bonchev–Trinajstić information content (AvgIpc) is 3.63. The predicted octanol–water partition coefficient (Wildman–Crippen LogP) is 10.4. The number of fused-ring (bicyclic) bond motifs is 5. The van der Waals surface area contributed by atoms with Crippen LogP contribution in [0.15, 0.2) is 23.3 Å². The number of hydrogen-bond donors (Lipinski definition) is 3. The second kappa shape index (κ2) is 23.2. The molecule has 0 unspecified atom stereocenters. The smallest absolute Gasteiger partial charge is 0.306 e. The first-order valence-corrected chi connectivity index (χ1v) is 24.1. The normalized spacial score (nSPS) is 30.4. The Hall–Kier alpha value is -2.36. The molecule has 59 heavy (non-hydrogen) atoms. The van der Waals surface area contributed by atoms with Crippen LogP contribution in [-0.2, 0) is 28.7 Å². The van der Waals surface area contributed by atoms with E-state index in [4.69, 9.17) is 9.47 Å². The molecule has 3 N–H and O–H groups in total. The van der Waals surface area contributed by atoms with E-state index in [9.17, 15) is 34.5 Å². The molecule has 0 aromatic heterocycles. The number of rotatable bonds is 30. The number of unbranched alkanes of at least 4 members (excludes halogenated alkanes) is 22. The Morgan fingerprint density at radius 1 is 0.746 bits per heavy atom. The van der Waals surface area contributed by atoms with Crippen LogP contribution in [0, 0.1) is 29.1 Å². The van der Waals surface area contributed by atoms with Gasteiger partial charge >= 0.3 is 11.9 Å². The zero-order valence-electron chi connectivity index (χ0n) is 37.7. The first-order chi connectivity index (χ1) is 28.3. The number of carbonyl (C=O) groups excluding carboxylic acids is 4. The molecule has 0 amide bonds. The maximum absolute atomic E-state index is 13.8. The minimum Gasteiger partial charge on any atom is -0.458 e. The van der Waals surface area contributed by atoms with Gasteiger partial charge < -0.3 is 29.6 Å². The summed E-state index contributed by atoms with van der Waals surface area (Å²) in [6.45, 7) is 9.28. The van der Waals surface area contributed by atoms with Gasteiger partial charge in [0, 0.05) is 54.8 Å². The fourth-order valence-corrected chi connectivity index (χ4v) is 11.5. The Balaban J connectivity index is 1.40. The number of ketones is 1. The van der Waals surface area contributed by atoms with E-state index in [0.29, 0.717) is 30.4 Å². The van der Waals surface area contributed by atoms with E-state index in [2.05, 4.69) is 6.92 Å². The number of ether oxygens (including phenoxy) is 2. The number of hydrogen-bond acceptors (Lipinski definition) is 9. The van der Waals surface area contributed by atoms with Crippen LogP contribution in [0.2, 0.25) is 0 Å². The summed E-state index contributed by atoms with van der Waals surface area (Å²) in [6, 6.07) is 0. The van der Waals surface area contributed by atoms with Crippen molar-refractivity contribution < 1.29 is 44.0 Å². The molecule has 9 heteroatoms. The van der Waals surface area contributed by atoms with Crippen LogP contribution in [-0.4, -0.2) is 68.8 Å². The first kappa shape index (κ1) is 49.3. The van der Waals surface area contributed by atoms with Crippen molar-refractivity contribution in [2.75, 3.05) is 6.61 Å². The topological polar surface area (TPSA) is 147 Å². The zero-order valence-corrected chi connectivity index (χ0v) is 37.7. The molecule has 0 aromatic carbocycles. The van der Waals surface area contributed by atoms with Crippen molar-refractivity contribution in [3.05, 3.63) is 23.3 Å². The predicted molar refractivity (Wildman–Crippen MR) is 232 cm³/mol. The maximum atomic E-state index is 13.8. The van der Waals surface area contributed by atoms with E-state index in [1.165, 1.54) is 70.6 Å². The number of esters is 2. The van der Waals surface area contributed by atoms with Crippen molar-refractivity contribution in [3.8, 4) is 0 Å². The third kappa shape index (κ3) is 11.6. The number of Topliss-reactive ketones (excluding diaryl/α,β-unsaturated/α-hetero) is 1. The van der Waals surface area contributed by atoms with Gasteiger partial charge in [0.1, 0.15) is 18.0 Å². The highest BCUT2D eigenvalue weighted by Gasteiger charge is 2.88. The highest BCUT2D eigenvalue weighted by molar-refractivity contribution is 6.04. The van der Waals surface area contributed by atoms with Crippen LogP contribution in [0.4, 0.5) is 0 Å². The van der Waals surface area contributed by atoms with Gasteiger partial charge in [-0.2, -0.15) is 0 Å². The second-order valence-electron chi connectivity index (χ2n) is 19.6. The first-order valence-electron chi connectivity index (χ1n) is 24.1. The van der Waals surface area contributed by atoms with Crippen molar-refractivity contribution in [3.63, 3.8) is 0 Å². The number of aldehydes is 1. The summed E-state index contributed by atoms with van der Waals surface area (Å²) in [6.07, 6.45) is 30.5. The summed E-state index contributed by atoms with van der Waals surface area (Å²) in [7, 11) is 0. The van der Waals surface area contributed by atoms with Gasteiger partial charge in [-0.1, -0.05) is 168 Å². The molecular formula is C50H82O9. The molecule has 2 saturated carbocycles. The fourth-order valence-electron chi connectivity index (χ4n) is 11.5. The zero-order chi connectivity index (χ0) is 43.1. The molecule has 9 nitrogen and oxygen atoms in total. The summed E-state index contributed by atoms with van der Waals surface area (Å²) < 4.78 is 13.0. The van der Waals surface area contributed by atoms with Crippen LogP contribution < -0.4 is 0 Å². The Kier molecular flexibility index (Phi) is 19.4. The molecule has 0 saturated heterocycles. The number of aliphatic hydroxyl groups excluding tert-OH is 1. The molecular weight excluding hydrogens is 745 g/mol. The molecule has 0 spiro atoms. The SMILES string of the molecule is CCCCCCCCCCCCCCCC(=O)O[C@@]12[C@H](OC(=O)CCCCCCCCCCCCC=O)[C@@H](C)[C@@]3(O)[C@@H](C=C(CO)C[C@]4(O)C(=O)C(C)=C[C@@H]34)[C@@H]1C2(C)C. The Morgan fingerprint density at radius 2 is 1.22 bits per heavy atom. The average molecular weight is 827 g/mol. The Labute approximate surface area is 356 Å². The summed E-state index contributed by atoms with van der Waals surface area (Å²) in [5, 5.41) is 35.6. The third-order valence-electron chi connectivity index (χ3n) is 14.9. The quantitative estimate of drug-likeness (QED) is 0.0279. The van der Waals surface area contributed by atoms with E-state index >= 15 is 0 Å². The van der Waals surface area contributed by atoms with Gasteiger partial charge in [-0.05, 0) is 37.3 Å². The monoisotopic (exact) mass is 827 g/mol. The lowest BCUT2D eigenvalue weighted by atomic mass is 9.59. The van der Waals surface area contributed by atoms with Crippen LogP contribution in [0.5, 0.6) is 0 Å². The molecule has 4 rings (SSSR count). The van der Waals surface area contributed by atoms with Gasteiger partial charge in [0.2, 0.25) is 0 Å². The highest BCUT2D eigenvalue weighted by Crippen LogP contribution is 2.77. The largest absolute Gasteiger partial charge is 0.458 e. The van der Waals surface area contributed by atoms with Crippen molar-refractivity contribution in [2.24, 2.45) is 29.1 Å². The molecule has 0 heterocycles. The van der Waals surface area contributed by atoms with Crippen LogP contribution >= 0.6 is 0 Å². The van der Waals surface area contributed by atoms with E-state index in [1.807, 2.05) is 19.9 Å². The van der Waals surface area contributed by atoms with Gasteiger partial charge in [-0.25, -0.2) is 0 Å². The lowest BCUT2D eigenvalue weighted by Gasteiger charge is -2.53. The molecule has 8 atom stereocenters. The standard InChI is InChI=1S/C50H82O9/c1-6-7-8-9-10-11-12-13-15-19-22-25-28-31-43(54)59-50-44(47(50,4)5)40-34-39(36-52)35-48(56)41(33-37(2)45(48)55)49(40,57)38(3)46(50)58-42(53)30-27-24-21-18-16-14-17-20-23-26-29-32-51/h32-34,38,40-41,44,46,52,56-57H,6-31,35-36H2,1-5H3/t38-,40+,41-,44-,46-,48-,49-,50-/m1/s1. The molecule has 0 aromatic rings. The lowest BCUT2D eigenvalue weighted by molar-refractivity contribution is -0.229. The number of carbonyl (C=O) groups is 4. The summed E-state index contributed by atoms with van der Waals surface area (Å²) in [4.78, 5) is 51.6. The summed E-state index contributed by atoms with van der Waals surface area (Å²) >= 11 is 0. The van der Waals surface area contributed by atoms with E-state index in [1.54, 1.807) is 19.9 Å². The minimum absolute atomic E-state index is 0.114. The Bertz CT molecular complexity index is 1430. The van der Waals surface area contributed by atoms with Gasteiger partial charge in [0.15, 0.2) is 11.4 Å². The van der Waals surface area contributed by atoms with Crippen LogP contribution in [0.3, 0.4) is 0 Å². The van der Waals surface area contributed by atoms with Crippen molar-refractivity contribution in [1.82, 2.24) is 0 Å². The van der Waals surface area contributed by atoms with Crippen molar-refractivity contribution in [1.29, 1.82) is 0 Å². The second-order valence-corrected chi connectivity index (χ2v) is 19.6. The van der Waals surface area contributed by atoms with Crippen LogP contribution in [0.25, 0.3) is 0 Å². The summed E-state index contributed by atoms with van der Waals surface area (Å²) in [5.41, 5.74) is -4.81. The molecule has 0 radical (unpaired) electrons. The molecule has 336 valence electrons. The number of aliphatic hydroxyl groups is 3. The fraction of sp³-hybridized carbons (Fsp3) is 0.840. The van der Waals surface area contributed by atoms with Gasteiger partial charge in [-0.15, -0.1) is 0 Å². The molecule has 4 aliphatic carbocycles. The molecule has 0 aliphatic heterocycles. The summed E-state index contributed by atoms with van der Waals surface area (Å²) in [5.74, 6) is -4.21. The van der Waals surface area contributed by atoms with Gasteiger partial charge in [0.25, 0.3) is 0 Å². The van der Waals surface area contributed by atoms with E-state index < -0.39 is 63.7 Å². The molecule has 4 aliphatic rings. The molecule has 2 fully saturated rings. The van der Waals surface area contributed by atoms with Crippen molar-refractivity contribution in [2.45, 2.75) is 231 Å². The molecule has 0 bridgehead atoms. The van der Waals surface area contributed by atoms with Gasteiger partial charge in [0.05, 0.1) is 12.2 Å². The van der Waals surface area contributed by atoms with E-state index in [-0.39, 0.29) is 31.8 Å². The highest BCUT2D eigenvalue weighted by atomic mass is 16.6. The van der Waals surface area contributed by atoms with E-state index in [0.717, 1.165) is 70.5 Å². The minimum atomic E-state index is -1.95. The van der Waals surface area contributed by atoms with Gasteiger partial charge in [-0.3, -0.25) is 14.4 Å². The third-order valence-corrected chi connectivity index (χ3v) is 14.9. The van der Waals surface area contributed by atoms with Crippen molar-refractivity contribution >= 4 is 24.0 Å². The Morgan fingerprint density at radius 3 is 1.71 bits per heavy atom. The van der Waals surface area contributed by atoms with Crippen LogP contribution in [0.1, 0.15) is 208 Å². The lowest BCUT2D eigenvalue weighted by Crippen LogP contribution is -2.66.